The molecule has 16 heavy (non-hydrogen) atoms. The third-order valence-electron chi connectivity index (χ3n) is 3.30. The van der Waals surface area contributed by atoms with E-state index in [1.54, 1.807) is 0 Å². The molecule has 0 saturated carbocycles. The number of hydrogen-bond donors (Lipinski definition) is 1. The van der Waals surface area contributed by atoms with E-state index in [2.05, 4.69) is 37.5 Å². The molecule has 0 aromatic rings. The first-order valence-corrected chi connectivity index (χ1v) is 6.53. The van der Waals surface area contributed by atoms with Crippen LogP contribution in [0.15, 0.2) is 0 Å². The van der Waals surface area contributed by atoms with Crippen LogP contribution in [-0.4, -0.2) is 60.3 Å². The minimum atomic E-state index is 0.301. The topological polar surface area (TPSA) is 26.7 Å². The molecular formula is C13H28N2O. The predicted molar refractivity (Wildman–Crippen MR) is 68.6 cm³/mol. The minimum absolute atomic E-state index is 0.301. The SMILES string of the molecule is CCC(CO)N1CCN(CC(C)(C)C)CC1. The zero-order valence-electron chi connectivity index (χ0n) is 11.4. The number of rotatable bonds is 4. The van der Waals surface area contributed by atoms with E-state index in [0.29, 0.717) is 18.1 Å². The maximum atomic E-state index is 9.28. The Bertz CT molecular complexity index is 189. The lowest BCUT2D eigenvalue weighted by molar-refractivity contribution is 0.0509. The fraction of sp³-hybridized carbons (Fsp3) is 1.00. The largest absolute Gasteiger partial charge is 0.395 e. The van der Waals surface area contributed by atoms with Crippen molar-refractivity contribution in [1.82, 2.24) is 9.80 Å². The molecule has 96 valence electrons. The van der Waals surface area contributed by atoms with Crippen molar-refractivity contribution in [2.24, 2.45) is 5.41 Å². The maximum Gasteiger partial charge on any atom is 0.0586 e. The first-order valence-electron chi connectivity index (χ1n) is 6.53. The van der Waals surface area contributed by atoms with Crippen LogP contribution < -0.4 is 0 Å². The molecule has 0 radical (unpaired) electrons. The average molecular weight is 228 g/mol. The van der Waals surface area contributed by atoms with Crippen LogP contribution in [0, 0.1) is 5.41 Å². The number of piperazine rings is 1. The zero-order valence-corrected chi connectivity index (χ0v) is 11.4. The summed E-state index contributed by atoms with van der Waals surface area (Å²) in [5.41, 5.74) is 0.392. The van der Waals surface area contributed by atoms with E-state index in [1.165, 1.54) is 6.54 Å². The normalized spacial score (nSPS) is 22.3. The van der Waals surface area contributed by atoms with E-state index in [-0.39, 0.29) is 0 Å². The Labute approximate surface area is 100 Å². The van der Waals surface area contributed by atoms with Gasteiger partial charge in [-0.1, -0.05) is 27.7 Å². The molecule has 0 bridgehead atoms. The van der Waals surface area contributed by atoms with Gasteiger partial charge in [-0.25, -0.2) is 0 Å². The fourth-order valence-electron chi connectivity index (χ4n) is 2.46. The summed E-state index contributed by atoms with van der Waals surface area (Å²) in [5.74, 6) is 0. The van der Waals surface area contributed by atoms with Gasteiger partial charge in [-0.05, 0) is 11.8 Å². The van der Waals surface area contributed by atoms with E-state index in [9.17, 15) is 5.11 Å². The van der Waals surface area contributed by atoms with Gasteiger partial charge in [0.05, 0.1) is 6.61 Å². The molecule has 3 nitrogen and oxygen atoms in total. The highest BCUT2D eigenvalue weighted by atomic mass is 16.3. The van der Waals surface area contributed by atoms with Crippen LogP contribution in [0.5, 0.6) is 0 Å². The summed E-state index contributed by atoms with van der Waals surface area (Å²) < 4.78 is 0. The molecule has 1 atom stereocenters. The Hall–Kier alpha value is -0.120. The molecule has 1 rings (SSSR count). The number of hydrogen-bond acceptors (Lipinski definition) is 3. The molecule has 1 aliphatic heterocycles. The highest BCUT2D eigenvalue weighted by Gasteiger charge is 2.24. The van der Waals surface area contributed by atoms with Crippen molar-refractivity contribution >= 4 is 0 Å². The second kappa shape index (κ2) is 5.99. The molecule has 0 spiro atoms. The fourth-order valence-corrected chi connectivity index (χ4v) is 2.46. The predicted octanol–water partition coefficient (Wildman–Crippen LogP) is 1.42. The highest BCUT2D eigenvalue weighted by molar-refractivity contribution is 4.79. The van der Waals surface area contributed by atoms with Crippen LogP contribution in [0.1, 0.15) is 34.1 Å². The summed E-state index contributed by atoms with van der Waals surface area (Å²) in [4.78, 5) is 4.97. The van der Waals surface area contributed by atoms with Gasteiger partial charge in [-0.3, -0.25) is 4.90 Å². The van der Waals surface area contributed by atoms with Crippen LogP contribution >= 0.6 is 0 Å². The van der Waals surface area contributed by atoms with Gasteiger partial charge in [0, 0.05) is 38.8 Å². The molecule has 0 amide bonds. The summed E-state index contributed by atoms with van der Waals surface area (Å²) in [7, 11) is 0. The summed E-state index contributed by atoms with van der Waals surface area (Å²) in [5, 5.41) is 9.28. The van der Waals surface area contributed by atoms with Gasteiger partial charge in [0.2, 0.25) is 0 Å². The Kier molecular flexibility index (Phi) is 5.22. The summed E-state index contributed by atoms with van der Waals surface area (Å²) in [6, 6.07) is 0.372. The van der Waals surface area contributed by atoms with Crippen LogP contribution in [0.3, 0.4) is 0 Å². The standard InChI is InChI=1S/C13H28N2O/c1-5-12(10-16)15-8-6-14(7-9-15)11-13(2,3)4/h12,16H,5-11H2,1-4H3. The van der Waals surface area contributed by atoms with Gasteiger partial charge in [-0.2, -0.15) is 0 Å². The number of aliphatic hydroxyl groups is 1. The van der Waals surface area contributed by atoms with Crippen LogP contribution in [0.25, 0.3) is 0 Å². The van der Waals surface area contributed by atoms with Crippen LogP contribution in [0.2, 0.25) is 0 Å². The number of nitrogens with zero attached hydrogens (tertiary/aromatic N) is 2. The molecular weight excluding hydrogens is 200 g/mol. The van der Waals surface area contributed by atoms with Gasteiger partial charge in [0.25, 0.3) is 0 Å². The lowest BCUT2D eigenvalue weighted by Gasteiger charge is -2.40. The minimum Gasteiger partial charge on any atom is -0.395 e. The van der Waals surface area contributed by atoms with Crippen molar-refractivity contribution in [2.45, 2.75) is 40.2 Å². The molecule has 1 unspecified atom stereocenters. The Morgan fingerprint density at radius 3 is 2.06 bits per heavy atom. The Morgan fingerprint density at radius 2 is 1.69 bits per heavy atom. The Morgan fingerprint density at radius 1 is 1.12 bits per heavy atom. The van der Waals surface area contributed by atoms with Crippen molar-refractivity contribution in [1.29, 1.82) is 0 Å². The van der Waals surface area contributed by atoms with Crippen molar-refractivity contribution in [3.8, 4) is 0 Å². The van der Waals surface area contributed by atoms with Gasteiger partial charge in [-0.15, -0.1) is 0 Å². The molecule has 1 fully saturated rings. The lowest BCUT2D eigenvalue weighted by Crippen LogP contribution is -2.52. The molecule has 3 heteroatoms. The van der Waals surface area contributed by atoms with E-state index >= 15 is 0 Å². The van der Waals surface area contributed by atoms with Gasteiger partial charge in [0.15, 0.2) is 0 Å². The van der Waals surface area contributed by atoms with Crippen molar-refractivity contribution < 1.29 is 5.11 Å². The summed E-state index contributed by atoms with van der Waals surface area (Å²) >= 11 is 0. The average Bonchev–Trinajstić information content (AvgIpc) is 2.20. The maximum absolute atomic E-state index is 9.28. The molecule has 0 aliphatic carbocycles. The molecule has 1 heterocycles. The monoisotopic (exact) mass is 228 g/mol. The quantitative estimate of drug-likeness (QED) is 0.788. The summed E-state index contributed by atoms with van der Waals surface area (Å²) in [6.07, 6.45) is 1.05. The third-order valence-corrected chi connectivity index (χ3v) is 3.30. The van der Waals surface area contributed by atoms with Crippen LogP contribution in [0.4, 0.5) is 0 Å². The third kappa shape index (κ3) is 4.40. The van der Waals surface area contributed by atoms with E-state index in [0.717, 1.165) is 32.6 Å². The van der Waals surface area contributed by atoms with Gasteiger partial charge in [0.1, 0.15) is 0 Å². The summed E-state index contributed by atoms with van der Waals surface area (Å²) in [6.45, 7) is 15.0. The van der Waals surface area contributed by atoms with E-state index in [4.69, 9.17) is 0 Å². The van der Waals surface area contributed by atoms with Gasteiger partial charge < -0.3 is 10.0 Å². The van der Waals surface area contributed by atoms with Crippen molar-refractivity contribution in [3.05, 3.63) is 0 Å². The molecule has 1 saturated heterocycles. The smallest absolute Gasteiger partial charge is 0.0586 e. The molecule has 1 aliphatic rings. The second-order valence-corrected chi connectivity index (χ2v) is 6.12. The van der Waals surface area contributed by atoms with Crippen molar-refractivity contribution in [3.63, 3.8) is 0 Å². The van der Waals surface area contributed by atoms with Gasteiger partial charge >= 0.3 is 0 Å². The van der Waals surface area contributed by atoms with E-state index in [1.807, 2.05) is 0 Å². The van der Waals surface area contributed by atoms with E-state index < -0.39 is 0 Å². The number of aliphatic hydroxyl groups excluding tert-OH is 1. The Balaban J connectivity index is 2.33. The lowest BCUT2D eigenvalue weighted by atomic mass is 9.95. The second-order valence-electron chi connectivity index (χ2n) is 6.12. The highest BCUT2D eigenvalue weighted by Crippen LogP contribution is 2.17. The van der Waals surface area contributed by atoms with Crippen molar-refractivity contribution in [2.75, 3.05) is 39.3 Å². The molecule has 0 aromatic heterocycles. The first-order chi connectivity index (χ1) is 7.46. The molecule has 1 N–H and O–H groups in total. The first kappa shape index (κ1) is 13.9. The molecule has 0 aromatic carbocycles. The zero-order chi connectivity index (χ0) is 12.2. The van der Waals surface area contributed by atoms with Crippen LogP contribution in [-0.2, 0) is 0 Å².